The largest absolute Gasteiger partial charge is 0.313 e. The van der Waals surface area contributed by atoms with Crippen LogP contribution in [-0.4, -0.2) is 7.05 Å². The molecule has 20 heavy (non-hydrogen) atoms. The Bertz CT molecular complexity index is 610. The van der Waals surface area contributed by atoms with E-state index in [4.69, 9.17) is 11.6 Å². The lowest BCUT2D eigenvalue weighted by molar-refractivity contribution is 0.581. The molecule has 0 radical (unpaired) electrons. The van der Waals surface area contributed by atoms with Crippen molar-refractivity contribution in [1.82, 2.24) is 5.32 Å². The molecule has 0 spiro atoms. The molecule has 1 nitrogen and oxygen atoms in total. The molecule has 0 bridgehead atoms. The summed E-state index contributed by atoms with van der Waals surface area (Å²) in [5, 5.41) is 3.48. The Morgan fingerprint density at radius 2 is 1.90 bits per heavy atom. The Balaban J connectivity index is 2.28. The average molecular weight is 292 g/mol. The van der Waals surface area contributed by atoms with Gasteiger partial charge in [0.05, 0.1) is 5.02 Å². The van der Waals surface area contributed by atoms with E-state index < -0.39 is 0 Å². The highest BCUT2D eigenvalue weighted by molar-refractivity contribution is 6.30. The molecular weight excluding hydrogens is 273 g/mol. The summed E-state index contributed by atoms with van der Waals surface area (Å²) in [6.07, 6.45) is 0.731. The smallest absolute Gasteiger partial charge is 0.142 e. The molecule has 1 unspecified atom stereocenters. The zero-order valence-electron chi connectivity index (χ0n) is 12.0. The first-order valence-electron chi connectivity index (χ1n) is 6.69. The van der Waals surface area contributed by atoms with Crippen molar-refractivity contribution in [2.45, 2.75) is 26.3 Å². The number of hydrogen-bond donors (Lipinski definition) is 1. The van der Waals surface area contributed by atoms with E-state index in [1.807, 2.05) is 13.1 Å². The molecule has 2 rings (SSSR count). The van der Waals surface area contributed by atoms with Crippen molar-refractivity contribution in [3.05, 3.63) is 69.5 Å². The van der Waals surface area contributed by atoms with Gasteiger partial charge >= 0.3 is 0 Å². The molecule has 0 aliphatic rings. The van der Waals surface area contributed by atoms with E-state index in [0.29, 0.717) is 0 Å². The highest BCUT2D eigenvalue weighted by Crippen LogP contribution is 2.24. The molecule has 2 aromatic carbocycles. The maximum Gasteiger partial charge on any atom is 0.142 e. The fourth-order valence-corrected chi connectivity index (χ4v) is 2.52. The lowest BCUT2D eigenvalue weighted by Crippen LogP contribution is -2.20. The molecular formula is C17H19ClFN. The van der Waals surface area contributed by atoms with E-state index in [2.05, 4.69) is 37.4 Å². The number of hydrogen-bond acceptors (Lipinski definition) is 1. The van der Waals surface area contributed by atoms with Gasteiger partial charge in [0.15, 0.2) is 0 Å². The van der Waals surface area contributed by atoms with Crippen LogP contribution in [0.4, 0.5) is 4.39 Å². The summed E-state index contributed by atoms with van der Waals surface area (Å²) < 4.78 is 13.5. The minimum atomic E-state index is -0.361. The Kier molecular flexibility index (Phi) is 4.79. The average Bonchev–Trinajstić information content (AvgIpc) is 2.43. The van der Waals surface area contributed by atoms with Gasteiger partial charge in [-0.15, -0.1) is 0 Å². The van der Waals surface area contributed by atoms with E-state index in [0.717, 1.165) is 12.0 Å². The van der Waals surface area contributed by atoms with Crippen molar-refractivity contribution in [3.63, 3.8) is 0 Å². The summed E-state index contributed by atoms with van der Waals surface area (Å²) in [6.45, 7) is 4.18. The van der Waals surface area contributed by atoms with Crippen LogP contribution in [0.25, 0.3) is 0 Å². The van der Waals surface area contributed by atoms with Crippen LogP contribution in [0.1, 0.15) is 28.3 Å². The van der Waals surface area contributed by atoms with Crippen LogP contribution in [-0.2, 0) is 6.42 Å². The van der Waals surface area contributed by atoms with Crippen molar-refractivity contribution in [2.24, 2.45) is 0 Å². The van der Waals surface area contributed by atoms with Gasteiger partial charge < -0.3 is 5.32 Å². The van der Waals surface area contributed by atoms with Gasteiger partial charge in [-0.3, -0.25) is 0 Å². The van der Waals surface area contributed by atoms with Gasteiger partial charge in [0.1, 0.15) is 5.82 Å². The van der Waals surface area contributed by atoms with Gasteiger partial charge in [-0.2, -0.15) is 0 Å². The third-order valence-electron chi connectivity index (χ3n) is 3.58. The molecule has 1 N–H and O–H groups in total. The van der Waals surface area contributed by atoms with Crippen LogP contribution < -0.4 is 5.32 Å². The molecule has 0 amide bonds. The number of benzene rings is 2. The van der Waals surface area contributed by atoms with Crippen LogP contribution in [0.15, 0.2) is 36.4 Å². The fourth-order valence-electron chi connectivity index (χ4n) is 2.41. The van der Waals surface area contributed by atoms with Crippen molar-refractivity contribution in [1.29, 1.82) is 0 Å². The molecule has 3 heteroatoms. The minimum absolute atomic E-state index is 0.162. The van der Waals surface area contributed by atoms with Gasteiger partial charge in [0.25, 0.3) is 0 Å². The van der Waals surface area contributed by atoms with Crippen molar-refractivity contribution < 1.29 is 4.39 Å². The van der Waals surface area contributed by atoms with Crippen LogP contribution in [0.2, 0.25) is 5.02 Å². The van der Waals surface area contributed by atoms with E-state index in [1.165, 1.54) is 22.8 Å². The monoisotopic (exact) mass is 291 g/mol. The third-order valence-corrected chi connectivity index (χ3v) is 3.89. The Morgan fingerprint density at radius 1 is 1.15 bits per heavy atom. The minimum Gasteiger partial charge on any atom is -0.313 e. The van der Waals surface area contributed by atoms with Gasteiger partial charge in [-0.1, -0.05) is 41.4 Å². The molecule has 0 saturated heterocycles. The number of rotatable bonds is 4. The van der Waals surface area contributed by atoms with E-state index >= 15 is 0 Å². The summed E-state index contributed by atoms with van der Waals surface area (Å²) in [5.41, 5.74) is 4.66. The van der Waals surface area contributed by atoms with Gasteiger partial charge in [0, 0.05) is 6.04 Å². The second kappa shape index (κ2) is 6.38. The second-order valence-electron chi connectivity index (χ2n) is 5.15. The Labute approximate surface area is 124 Å². The summed E-state index contributed by atoms with van der Waals surface area (Å²) in [7, 11) is 1.93. The van der Waals surface area contributed by atoms with Crippen molar-refractivity contribution in [3.8, 4) is 0 Å². The van der Waals surface area contributed by atoms with Gasteiger partial charge in [-0.05, 0) is 56.1 Å². The number of aryl methyl sites for hydroxylation is 2. The van der Waals surface area contributed by atoms with E-state index in [9.17, 15) is 4.39 Å². The predicted molar refractivity (Wildman–Crippen MR) is 82.8 cm³/mol. The summed E-state index contributed by atoms with van der Waals surface area (Å²) >= 11 is 5.72. The predicted octanol–water partition coefficient (Wildman–Crippen LogP) is 4.60. The maximum atomic E-state index is 13.5. The summed E-state index contributed by atoms with van der Waals surface area (Å²) in [5.74, 6) is -0.361. The van der Waals surface area contributed by atoms with Crippen LogP contribution >= 0.6 is 11.6 Å². The fraction of sp³-hybridized carbons (Fsp3) is 0.294. The normalized spacial score (nSPS) is 12.4. The molecule has 106 valence electrons. The van der Waals surface area contributed by atoms with Crippen molar-refractivity contribution >= 4 is 11.6 Å². The first kappa shape index (κ1) is 15.0. The molecule has 0 aliphatic carbocycles. The van der Waals surface area contributed by atoms with Crippen LogP contribution in [0.5, 0.6) is 0 Å². The zero-order valence-corrected chi connectivity index (χ0v) is 12.8. The van der Waals surface area contributed by atoms with Gasteiger partial charge in [-0.25, -0.2) is 4.39 Å². The summed E-state index contributed by atoms with van der Waals surface area (Å²) in [6, 6.07) is 11.6. The molecule has 0 aromatic heterocycles. The van der Waals surface area contributed by atoms with Crippen LogP contribution in [0.3, 0.4) is 0 Å². The first-order valence-corrected chi connectivity index (χ1v) is 7.07. The maximum absolute atomic E-state index is 13.5. The quantitative estimate of drug-likeness (QED) is 0.868. The van der Waals surface area contributed by atoms with Crippen LogP contribution in [0, 0.1) is 19.7 Å². The molecule has 2 aromatic rings. The lowest BCUT2D eigenvalue weighted by atomic mass is 9.94. The van der Waals surface area contributed by atoms with E-state index in [1.54, 1.807) is 6.07 Å². The van der Waals surface area contributed by atoms with Gasteiger partial charge in [0.2, 0.25) is 0 Å². The molecule has 0 aliphatic heterocycles. The van der Waals surface area contributed by atoms with E-state index in [-0.39, 0.29) is 16.9 Å². The second-order valence-corrected chi connectivity index (χ2v) is 5.56. The number of nitrogens with one attached hydrogen (secondary N) is 1. The molecule has 0 heterocycles. The molecule has 1 atom stereocenters. The standard InChI is InChI=1S/C17H19ClFN/c1-11-4-5-12(2)14(8-11)17(20-3)10-13-6-7-15(18)16(19)9-13/h4-9,17,20H,10H2,1-3H3. The lowest BCUT2D eigenvalue weighted by Gasteiger charge is -2.20. The highest BCUT2D eigenvalue weighted by Gasteiger charge is 2.13. The molecule has 0 saturated carbocycles. The number of halogens is 2. The first-order chi connectivity index (χ1) is 9.51. The zero-order chi connectivity index (χ0) is 14.7. The Hall–Kier alpha value is -1.38. The van der Waals surface area contributed by atoms with Crippen molar-refractivity contribution in [2.75, 3.05) is 7.05 Å². The third kappa shape index (κ3) is 3.38. The number of likely N-dealkylation sites (N-methyl/N-ethyl adjacent to an activating group) is 1. The molecule has 0 fully saturated rings. The SMILES string of the molecule is CNC(Cc1ccc(Cl)c(F)c1)c1cc(C)ccc1C. The summed E-state index contributed by atoms with van der Waals surface area (Å²) in [4.78, 5) is 0. The Morgan fingerprint density at radius 3 is 2.55 bits per heavy atom. The topological polar surface area (TPSA) is 12.0 Å². The highest BCUT2D eigenvalue weighted by atomic mass is 35.5.